The van der Waals surface area contributed by atoms with Gasteiger partial charge in [0.05, 0.1) is 0 Å². The van der Waals surface area contributed by atoms with Crippen molar-refractivity contribution in [3.63, 3.8) is 0 Å². The summed E-state index contributed by atoms with van der Waals surface area (Å²) in [6.45, 7) is 2.23. The van der Waals surface area contributed by atoms with Gasteiger partial charge in [0.15, 0.2) is 4.80 Å². The molecule has 0 bridgehead atoms. The monoisotopic (exact) mass is 290 g/mol. The Bertz CT molecular complexity index is 680. The first kappa shape index (κ1) is 13.4. The van der Waals surface area contributed by atoms with Crippen LogP contribution in [0.5, 0.6) is 0 Å². The summed E-state index contributed by atoms with van der Waals surface area (Å²) in [5.41, 5.74) is 0. The third kappa shape index (κ3) is 2.93. The van der Waals surface area contributed by atoms with Crippen LogP contribution in [0.3, 0.4) is 0 Å². The molecule has 0 spiro atoms. The standard InChI is InChI=1S/C15H18N2O2S/c1-10-9-12(10)13-5-3-11(19-13)4-6-14(18)16-15-17(2)7-8-20-15/h3,5,7-8,10,12H,4,6,9H2,1-2H3. The number of thiazole rings is 1. The van der Waals surface area contributed by atoms with E-state index in [0.29, 0.717) is 18.8 Å². The average Bonchev–Trinajstić information content (AvgIpc) is 2.83. The van der Waals surface area contributed by atoms with Gasteiger partial charge in [-0.05, 0) is 24.5 Å². The number of carbonyl (C=O) groups excluding carboxylic acids is 1. The molecule has 1 fully saturated rings. The van der Waals surface area contributed by atoms with Gasteiger partial charge in [-0.25, -0.2) is 0 Å². The zero-order valence-electron chi connectivity index (χ0n) is 11.7. The highest BCUT2D eigenvalue weighted by molar-refractivity contribution is 7.07. The zero-order valence-corrected chi connectivity index (χ0v) is 12.5. The second-order valence-electron chi connectivity index (χ2n) is 5.43. The van der Waals surface area contributed by atoms with Crippen molar-refractivity contribution in [2.24, 2.45) is 18.0 Å². The molecule has 0 aliphatic heterocycles. The van der Waals surface area contributed by atoms with Gasteiger partial charge in [0, 0.05) is 37.4 Å². The molecule has 5 heteroatoms. The van der Waals surface area contributed by atoms with E-state index in [1.807, 2.05) is 35.3 Å². The number of rotatable bonds is 4. The lowest BCUT2D eigenvalue weighted by molar-refractivity contribution is -0.118. The summed E-state index contributed by atoms with van der Waals surface area (Å²) >= 11 is 1.47. The molecule has 1 saturated carbocycles. The van der Waals surface area contributed by atoms with Crippen LogP contribution in [0.25, 0.3) is 0 Å². The summed E-state index contributed by atoms with van der Waals surface area (Å²) in [4.78, 5) is 16.7. The van der Waals surface area contributed by atoms with E-state index in [2.05, 4.69) is 11.9 Å². The lowest BCUT2D eigenvalue weighted by Crippen LogP contribution is -2.12. The first-order valence-electron chi connectivity index (χ1n) is 6.90. The minimum absolute atomic E-state index is 0.0965. The van der Waals surface area contributed by atoms with Crippen LogP contribution in [-0.2, 0) is 18.3 Å². The Kier molecular flexibility index (Phi) is 3.61. The number of hydrogen-bond donors (Lipinski definition) is 0. The molecule has 0 aromatic carbocycles. The van der Waals surface area contributed by atoms with Gasteiger partial charge >= 0.3 is 0 Å². The van der Waals surface area contributed by atoms with Gasteiger partial charge in [-0.1, -0.05) is 6.92 Å². The molecule has 2 atom stereocenters. The van der Waals surface area contributed by atoms with Crippen LogP contribution >= 0.6 is 11.3 Å². The van der Waals surface area contributed by atoms with Crippen LogP contribution < -0.4 is 4.80 Å². The molecule has 2 aromatic rings. The molecule has 0 saturated heterocycles. The first-order valence-corrected chi connectivity index (χ1v) is 7.78. The van der Waals surface area contributed by atoms with Crippen molar-refractivity contribution in [1.82, 2.24) is 4.57 Å². The van der Waals surface area contributed by atoms with Crippen LogP contribution in [0.2, 0.25) is 0 Å². The summed E-state index contributed by atoms with van der Waals surface area (Å²) in [6.07, 6.45) is 4.13. The first-order chi connectivity index (χ1) is 9.63. The molecule has 106 valence electrons. The van der Waals surface area contributed by atoms with Crippen molar-refractivity contribution in [1.29, 1.82) is 0 Å². The van der Waals surface area contributed by atoms with Crippen LogP contribution in [0.15, 0.2) is 33.1 Å². The number of carbonyl (C=O) groups is 1. The largest absolute Gasteiger partial charge is 0.466 e. The topological polar surface area (TPSA) is 47.5 Å². The molecular weight excluding hydrogens is 272 g/mol. The van der Waals surface area contributed by atoms with Gasteiger partial charge < -0.3 is 8.98 Å². The minimum Gasteiger partial charge on any atom is -0.466 e. The number of nitrogens with zero attached hydrogens (tertiary/aromatic N) is 2. The molecule has 0 N–H and O–H groups in total. The molecule has 2 heterocycles. The quantitative estimate of drug-likeness (QED) is 0.869. The van der Waals surface area contributed by atoms with Gasteiger partial charge in [-0.2, -0.15) is 4.99 Å². The fraction of sp³-hybridized carbons (Fsp3) is 0.467. The molecule has 1 aliphatic rings. The summed E-state index contributed by atoms with van der Waals surface area (Å²) in [5, 5.41) is 1.92. The Balaban J connectivity index is 1.58. The van der Waals surface area contributed by atoms with E-state index in [1.54, 1.807) is 0 Å². The van der Waals surface area contributed by atoms with Gasteiger partial charge in [0.25, 0.3) is 0 Å². The minimum atomic E-state index is -0.0965. The van der Waals surface area contributed by atoms with Crippen LogP contribution in [0.1, 0.15) is 37.2 Å². The number of amides is 1. The highest BCUT2D eigenvalue weighted by Gasteiger charge is 2.36. The highest BCUT2D eigenvalue weighted by atomic mass is 32.1. The number of furan rings is 1. The van der Waals surface area contributed by atoms with E-state index >= 15 is 0 Å². The predicted octanol–water partition coefficient (Wildman–Crippen LogP) is 2.86. The zero-order chi connectivity index (χ0) is 14.1. The van der Waals surface area contributed by atoms with Gasteiger partial charge in [-0.15, -0.1) is 11.3 Å². The van der Waals surface area contributed by atoms with Crippen molar-refractivity contribution >= 4 is 17.2 Å². The molecule has 2 aromatic heterocycles. The second-order valence-corrected chi connectivity index (χ2v) is 6.30. The van der Waals surface area contributed by atoms with Crippen LogP contribution in [0, 0.1) is 5.92 Å². The van der Waals surface area contributed by atoms with Crippen molar-refractivity contribution < 1.29 is 9.21 Å². The third-order valence-corrected chi connectivity index (χ3v) is 4.57. The maximum absolute atomic E-state index is 11.8. The van der Waals surface area contributed by atoms with Crippen LogP contribution in [0.4, 0.5) is 0 Å². The summed E-state index contributed by atoms with van der Waals surface area (Å²) in [6, 6.07) is 4.03. The van der Waals surface area contributed by atoms with Gasteiger partial charge in [-0.3, -0.25) is 4.79 Å². The van der Waals surface area contributed by atoms with Gasteiger partial charge in [0.2, 0.25) is 5.91 Å². The van der Waals surface area contributed by atoms with E-state index < -0.39 is 0 Å². The lowest BCUT2D eigenvalue weighted by atomic mass is 10.2. The van der Waals surface area contributed by atoms with Crippen molar-refractivity contribution in [3.05, 3.63) is 40.0 Å². The van der Waals surface area contributed by atoms with Crippen molar-refractivity contribution in [2.45, 2.75) is 32.1 Å². The van der Waals surface area contributed by atoms with Crippen LogP contribution in [-0.4, -0.2) is 10.5 Å². The molecule has 1 aliphatic carbocycles. The molecule has 2 unspecified atom stereocenters. The molecule has 20 heavy (non-hydrogen) atoms. The van der Waals surface area contributed by atoms with Gasteiger partial charge in [0.1, 0.15) is 11.5 Å². The second kappa shape index (κ2) is 5.40. The maximum atomic E-state index is 11.8. The average molecular weight is 290 g/mol. The predicted molar refractivity (Wildman–Crippen MR) is 77.4 cm³/mol. The number of aryl methyl sites for hydroxylation is 2. The third-order valence-electron chi connectivity index (χ3n) is 3.72. The van der Waals surface area contributed by atoms with Crippen molar-refractivity contribution in [2.75, 3.05) is 0 Å². The molecular formula is C15H18N2O2S. The van der Waals surface area contributed by atoms with Crippen molar-refractivity contribution in [3.8, 4) is 0 Å². The fourth-order valence-corrected chi connectivity index (χ4v) is 3.02. The Labute approximate surface area is 121 Å². The van der Waals surface area contributed by atoms with E-state index in [0.717, 1.165) is 22.2 Å². The van der Waals surface area contributed by atoms with E-state index in [-0.39, 0.29) is 5.91 Å². The normalized spacial score (nSPS) is 22.2. The van der Waals surface area contributed by atoms with E-state index in [1.165, 1.54) is 17.8 Å². The lowest BCUT2D eigenvalue weighted by Gasteiger charge is -1.95. The SMILES string of the molecule is CC1CC1c1ccc(CCC(=O)N=c2sccn2C)o1. The Morgan fingerprint density at radius 1 is 1.55 bits per heavy atom. The van der Waals surface area contributed by atoms with E-state index in [9.17, 15) is 4.79 Å². The smallest absolute Gasteiger partial charge is 0.248 e. The molecule has 0 radical (unpaired) electrons. The maximum Gasteiger partial charge on any atom is 0.248 e. The summed E-state index contributed by atoms with van der Waals surface area (Å²) in [7, 11) is 1.89. The summed E-state index contributed by atoms with van der Waals surface area (Å²) in [5.74, 6) is 3.19. The number of hydrogen-bond acceptors (Lipinski definition) is 3. The molecule has 1 amide bonds. The molecule has 3 rings (SSSR count). The van der Waals surface area contributed by atoms with E-state index in [4.69, 9.17) is 4.42 Å². The molecule has 4 nitrogen and oxygen atoms in total. The number of aromatic nitrogens is 1. The Morgan fingerprint density at radius 3 is 3.00 bits per heavy atom. The highest BCUT2D eigenvalue weighted by Crippen LogP contribution is 2.47. The fourth-order valence-electron chi connectivity index (χ4n) is 2.27. The Hall–Kier alpha value is -1.62. The summed E-state index contributed by atoms with van der Waals surface area (Å²) < 4.78 is 7.64. The Morgan fingerprint density at radius 2 is 2.35 bits per heavy atom.